The van der Waals surface area contributed by atoms with Gasteiger partial charge in [0.05, 0.1) is 22.1 Å². The maximum atomic E-state index is 4.72. The van der Waals surface area contributed by atoms with Crippen LogP contribution in [-0.2, 0) is 10.8 Å². The molecule has 0 aliphatic heterocycles. The molecule has 2 aromatic heterocycles. The fraction of sp³-hybridized carbons (Fsp3) is 0.0882. The second-order valence-electron chi connectivity index (χ2n) is 20.6. The minimum absolute atomic E-state index is 0.0876. The molecule has 332 valence electrons. The van der Waals surface area contributed by atoms with Crippen LogP contribution in [0, 0.1) is 0 Å². The van der Waals surface area contributed by atoms with Gasteiger partial charge in [0.15, 0.2) is 0 Å². The summed E-state index contributed by atoms with van der Waals surface area (Å²) in [5, 5.41) is 5.10. The fourth-order valence-electron chi connectivity index (χ4n) is 12.5. The summed E-state index contributed by atoms with van der Waals surface area (Å²) < 4.78 is 4.92. The highest BCUT2D eigenvalue weighted by atomic mass is 15.0. The van der Waals surface area contributed by atoms with Gasteiger partial charge >= 0.3 is 0 Å². The van der Waals surface area contributed by atoms with Crippen molar-refractivity contribution in [3.63, 3.8) is 0 Å². The molecule has 2 aliphatic carbocycles. The monoisotopic (exact) mass is 894 g/mol. The Morgan fingerprint density at radius 1 is 0.314 bits per heavy atom. The zero-order valence-electron chi connectivity index (χ0n) is 39.9. The van der Waals surface area contributed by atoms with Crippen LogP contribution in [0.4, 0.5) is 0 Å². The number of hydrogen-bond acceptors (Lipinski definition) is 0. The number of rotatable bonds is 6. The van der Waals surface area contributed by atoms with Gasteiger partial charge in [-0.05, 0) is 156 Å². The molecule has 0 radical (unpaired) electrons. The lowest BCUT2D eigenvalue weighted by atomic mass is 9.82. The Bertz CT molecular complexity index is 3930. The van der Waals surface area contributed by atoms with E-state index in [9.17, 15) is 0 Å². The van der Waals surface area contributed by atoms with E-state index in [1.807, 2.05) is 0 Å². The molecule has 0 atom stereocenters. The van der Waals surface area contributed by atoms with E-state index in [0.717, 1.165) is 39.2 Å². The summed E-state index contributed by atoms with van der Waals surface area (Å²) in [7, 11) is 0. The molecule has 70 heavy (non-hydrogen) atoms. The molecule has 10 aromatic carbocycles. The summed E-state index contributed by atoms with van der Waals surface area (Å²) in [6.07, 6.45) is 0. The van der Waals surface area contributed by atoms with E-state index in [1.165, 1.54) is 99.2 Å². The lowest BCUT2D eigenvalue weighted by Gasteiger charge is -2.21. The van der Waals surface area contributed by atoms with Crippen LogP contribution >= 0.6 is 0 Å². The largest absolute Gasteiger partial charge is 0.309 e. The number of para-hydroxylation sites is 2. The molecule has 14 rings (SSSR count). The Labute approximate surface area is 409 Å². The molecule has 0 amide bonds. The highest BCUT2D eigenvalue weighted by Crippen LogP contribution is 2.53. The smallest absolute Gasteiger partial charge is 0.0544 e. The molecule has 0 bridgehead atoms. The molecule has 2 heterocycles. The first-order chi connectivity index (χ1) is 34.1. The molecule has 12 aromatic rings. The third-order valence-electron chi connectivity index (χ3n) is 16.0. The van der Waals surface area contributed by atoms with Gasteiger partial charge in [-0.3, -0.25) is 0 Å². The van der Waals surface area contributed by atoms with E-state index < -0.39 is 0 Å². The first kappa shape index (κ1) is 40.6. The SMILES string of the molecule is C=C(c1cccc(-c2cccc(-n3c4ccccc4c4cc5c(cc43)C(C)(C)c3ccccc3-5)c2)c1)c1cccc(-c2cccc(-n3c4ccccc4c4cc5c(cc43)C(C)(C)c3ccccc3-5)c2)c1. The number of aromatic nitrogens is 2. The van der Waals surface area contributed by atoms with Crippen LogP contribution in [0.25, 0.3) is 105 Å². The fourth-order valence-corrected chi connectivity index (χ4v) is 12.5. The van der Waals surface area contributed by atoms with E-state index in [-0.39, 0.29) is 10.8 Å². The second-order valence-corrected chi connectivity index (χ2v) is 20.6. The standard InChI is InChI=1S/C68H50N2/c1-42(43-18-14-20-45(34-43)47-22-16-24-49(36-47)69-63-32-12-8-28-53(63)57-38-55-51-26-6-10-30-59(51)67(2,3)61(55)40-65(57)69)44-19-15-21-46(35-44)48-23-17-25-50(37-48)70-64-33-13-9-29-54(64)58-39-56-52-27-7-11-31-60(52)68(4,5)62(56)41-66(58)70/h6-41H,1H2,2-5H3. The Kier molecular flexibility index (Phi) is 8.57. The molecular formula is C68H50N2. The minimum atomic E-state index is -0.0876. The van der Waals surface area contributed by atoms with Crippen molar-refractivity contribution in [3.05, 3.63) is 258 Å². The predicted octanol–water partition coefficient (Wildman–Crippen LogP) is 17.9. The zero-order valence-corrected chi connectivity index (χ0v) is 39.9. The Hall–Kier alpha value is -8.46. The van der Waals surface area contributed by atoms with Crippen LogP contribution in [0.1, 0.15) is 61.1 Å². The van der Waals surface area contributed by atoms with Crippen LogP contribution in [0.5, 0.6) is 0 Å². The van der Waals surface area contributed by atoms with E-state index in [4.69, 9.17) is 6.58 Å². The molecule has 2 heteroatoms. The molecule has 0 saturated carbocycles. The summed E-state index contributed by atoms with van der Waals surface area (Å²) in [5.41, 5.74) is 25.8. The van der Waals surface area contributed by atoms with Gasteiger partial charge in [-0.1, -0.05) is 180 Å². The average molecular weight is 895 g/mol. The van der Waals surface area contributed by atoms with Gasteiger partial charge in [0.25, 0.3) is 0 Å². The van der Waals surface area contributed by atoms with Crippen molar-refractivity contribution >= 4 is 49.2 Å². The van der Waals surface area contributed by atoms with E-state index >= 15 is 0 Å². The third-order valence-corrected chi connectivity index (χ3v) is 16.0. The maximum Gasteiger partial charge on any atom is 0.0544 e. The lowest BCUT2D eigenvalue weighted by molar-refractivity contribution is 0.661. The Morgan fingerprint density at radius 3 is 1.16 bits per heavy atom. The molecule has 0 saturated heterocycles. The quantitative estimate of drug-likeness (QED) is 0.157. The summed E-state index contributed by atoms with van der Waals surface area (Å²) in [4.78, 5) is 0. The van der Waals surface area contributed by atoms with Crippen LogP contribution in [-0.4, -0.2) is 9.13 Å². The summed E-state index contributed by atoms with van der Waals surface area (Å²) in [6, 6.07) is 81.1. The van der Waals surface area contributed by atoms with Crippen molar-refractivity contribution in [3.8, 4) is 55.9 Å². The van der Waals surface area contributed by atoms with Gasteiger partial charge in [0.1, 0.15) is 0 Å². The minimum Gasteiger partial charge on any atom is -0.309 e. The van der Waals surface area contributed by atoms with Gasteiger partial charge in [-0.25, -0.2) is 0 Å². The summed E-state index contributed by atoms with van der Waals surface area (Å²) in [5.74, 6) is 0. The summed E-state index contributed by atoms with van der Waals surface area (Å²) >= 11 is 0. The van der Waals surface area contributed by atoms with Crippen molar-refractivity contribution < 1.29 is 0 Å². The second kappa shape index (κ2) is 14.8. The van der Waals surface area contributed by atoms with E-state index in [2.05, 4.69) is 255 Å². The average Bonchev–Trinajstić information content (AvgIpc) is 4.06. The van der Waals surface area contributed by atoms with Crippen LogP contribution in [0.2, 0.25) is 0 Å². The molecule has 2 aliphatic rings. The maximum absolute atomic E-state index is 4.72. The van der Waals surface area contributed by atoms with Crippen LogP contribution in [0.3, 0.4) is 0 Å². The molecular weight excluding hydrogens is 845 g/mol. The normalized spacial score (nSPS) is 14.0. The highest BCUT2D eigenvalue weighted by Gasteiger charge is 2.37. The Balaban J connectivity index is 0.810. The van der Waals surface area contributed by atoms with E-state index in [1.54, 1.807) is 0 Å². The van der Waals surface area contributed by atoms with Gasteiger partial charge < -0.3 is 9.13 Å². The first-order valence-electron chi connectivity index (χ1n) is 24.6. The van der Waals surface area contributed by atoms with Crippen molar-refractivity contribution in [1.82, 2.24) is 9.13 Å². The van der Waals surface area contributed by atoms with Gasteiger partial charge in [-0.2, -0.15) is 0 Å². The molecule has 0 unspecified atom stereocenters. The molecule has 0 N–H and O–H groups in total. The number of fused-ring (bicyclic) bond motifs is 12. The third kappa shape index (κ3) is 5.80. The van der Waals surface area contributed by atoms with Gasteiger partial charge in [-0.15, -0.1) is 0 Å². The van der Waals surface area contributed by atoms with Crippen LogP contribution < -0.4 is 0 Å². The van der Waals surface area contributed by atoms with Crippen molar-refractivity contribution in [1.29, 1.82) is 0 Å². The van der Waals surface area contributed by atoms with Gasteiger partial charge in [0.2, 0.25) is 0 Å². The highest BCUT2D eigenvalue weighted by molar-refractivity contribution is 6.13. The van der Waals surface area contributed by atoms with Gasteiger partial charge in [0, 0.05) is 43.7 Å². The zero-order chi connectivity index (χ0) is 47.0. The van der Waals surface area contributed by atoms with Crippen LogP contribution in [0.15, 0.2) is 225 Å². The molecule has 0 fully saturated rings. The number of nitrogens with zero attached hydrogens (tertiary/aromatic N) is 2. The summed E-state index contributed by atoms with van der Waals surface area (Å²) in [6.45, 7) is 14.2. The topological polar surface area (TPSA) is 9.86 Å². The molecule has 0 spiro atoms. The van der Waals surface area contributed by atoms with E-state index in [0.29, 0.717) is 0 Å². The predicted molar refractivity (Wildman–Crippen MR) is 296 cm³/mol. The Morgan fingerprint density at radius 2 is 0.700 bits per heavy atom. The lowest BCUT2D eigenvalue weighted by Crippen LogP contribution is -2.14. The first-order valence-corrected chi connectivity index (χ1v) is 24.6. The van der Waals surface area contributed by atoms with Crippen molar-refractivity contribution in [2.24, 2.45) is 0 Å². The van der Waals surface area contributed by atoms with Crippen molar-refractivity contribution in [2.45, 2.75) is 38.5 Å². The van der Waals surface area contributed by atoms with Crippen molar-refractivity contribution in [2.75, 3.05) is 0 Å². The number of hydrogen-bond donors (Lipinski definition) is 0. The molecule has 2 nitrogen and oxygen atoms in total. The number of benzene rings is 10.